The van der Waals surface area contributed by atoms with Crippen LogP contribution >= 0.6 is 0 Å². The first-order valence-corrected chi connectivity index (χ1v) is 4.57. The number of rotatable bonds is 1. The average molecular weight is 209 g/mol. The highest BCUT2D eigenvalue weighted by Crippen LogP contribution is 2.43. The molecule has 15 heavy (non-hydrogen) atoms. The Morgan fingerprint density at radius 2 is 2.00 bits per heavy atom. The molecule has 0 saturated heterocycles. The number of ether oxygens (including phenoxy) is 2. The molecule has 0 saturated carbocycles. The van der Waals surface area contributed by atoms with Crippen LogP contribution in [0.15, 0.2) is 12.1 Å². The van der Waals surface area contributed by atoms with Gasteiger partial charge in [0, 0.05) is 6.92 Å². The maximum Gasteiger partial charge on any atom is 0.221 e. The second-order valence-electron chi connectivity index (χ2n) is 3.17. The first kappa shape index (κ1) is 9.64. The highest BCUT2D eigenvalue weighted by Gasteiger charge is 2.20. The Balaban J connectivity index is 2.43. The molecule has 1 aliphatic heterocycles. The summed E-state index contributed by atoms with van der Waals surface area (Å²) in [5, 5.41) is 12.1. The summed E-state index contributed by atoms with van der Waals surface area (Å²) < 4.78 is 10.6. The molecule has 2 N–H and O–H groups in total. The molecular formula is C10H11NO4. The normalized spacial score (nSPS) is 13.4. The van der Waals surface area contributed by atoms with Crippen LogP contribution < -0.4 is 14.8 Å². The molecule has 1 amide bonds. The van der Waals surface area contributed by atoms with Crippen LogP contribution in [-0.4, -0.2) is 24.2 Å². The van der Waals surface area contributed by atoms with E-state index in [4.69, 9.17) is 9.47 Å². The fourth-order valence-electron chi connectivity index (χ4n) is 1.41. The number of amides is 1. The van der Waals surface area contributed by atoms with Gasteiger partial charge in [0.25, 0.3) is 0 Å². The van der Waals surface area contributed by atoms with Gasteiger partial charge in [0.15, 0.2) is 11.5 Å². The first-order valence-electron chi connectivity index (χ1n) is 4.57. The molecular weight excluding hydrogens is 198 g/mol. The van der Waals surface area contributed by atoms with Gasteiger partial charge in [-0.05, 0) is 12.1 Å². The van der Waals surface area contributed by atoms with Crippen LogP contribution in [0.3, 0.4) is 0 Å². The lowest BCUT2D eigenvalue weighted by Crippen LogP contribution is -2.17. The number of benzene rings is 1. The minimum atomic E-state index is -0.197. The summed E-state index contributed by atoms with van der Waals surface area (Å²) in [5.74, 6) is 0.486. The van der Waals surface area contributed by atoms with Gasteiger partial charge in [-0.2, -0.15) is 0 Å². The molecule has 0 bridgehead atoms. The molecule has 1 heterocycles. The number of aromatic hydroxyl groups is 1. The lowest BCUT2D eigenvalue weighted by atomic mass is 10.2. The Morgan fingerprint density at radius 1 is 1.33 bits per heavy atom. The zero-order valence-electron chi connectivity index (χ0n) is 8.24. The first-order chi connectivity index (χ1) is 7.18. The van der Waals surface area contributed by atoms with E-state index in [0.29, 0.717) is 24.7 Å². The Morgan fingerprint density at radius 3 is 2.67 bits per heavy atom. The van der Waals surface area contributed by atoms with E-state index in [1.54, 1.807) is 6.07 Å². The highest BCUT2D eigenvalue weighted by atomic mass is 16.6. The zero-order valence-corrected chi connectivity index (χ0v) is 8.24. The van der Waals surface area contributed by atoms with E-state index in [-0.39, 0.29) is 17.4 Å². The Labute approximate surface area is 86.6 Å². The SMILES string of the molecule is CC(=O)Nc1ccc(O)c2c1OCCO2. The van der Waals surface area contributed by atoms with Gasteiger partial charge < -0.3 is 19.9 Å². The monoisotopic (exact) mass is 209 g/mol. The summed E-state index contributed by atoms with van der Waals surface area (Å²) in [7, 11) is 0. The van der Waals surface area contributed by atoms with Crippen LogP contribution in [0.4, 0.5) is 5.69 Å². The van der Waals surface area contributed by atoms with Crippen LogP contribution in [0.1, 0.15) is 6.92 Å². The number of hydrogen-bond donors (Lipinski definition) is 2. The maximum atomic E-state index is 10.9. The maximum absolute atomic E-state index is 10.9. The molecule has 5 nitrogen and oxygen atoms in total. The summed E-state index contributed by atoms with van der Waals surface area (Å²) >= 11 is 0. The fourth-order valence-corrected chi connectivity index (χ4v) is 1.41. The molecule has 0 aliphatic carbocycles. The van der Waals surface area contributed by atoms with Gasteiger partial charge in [-0.1, -0.05) is 0 Å². The summed E-state index contributed by atoms with van der Waals surface area (Å²) in [5.41, 5.74) is 0.509. The molecule has 0 unspecified atom stereocenters. The van der Waals surface area contributed by atoms with Crippen molar-refractivity contribution in [2.45, 2.75) is 6.92 Å². The van der Waals surface area contributed by atoms with E-state index < -0.39 is 0 Å². The van der Waals surface area contributed by atoms with Crippen LogP contribution in [0, 0.1) is 0 Å². The van der Waals surface area contributed by atoms with Crippen molar-refractivity contribution in [3.8, 4) is 17.2 Å². The fraction of sp³-hybridized carbons (Fsp3) is 0.300. The second-order valence-corrected chi connectivity index (χ2v) is 3.17. The summed E-state index contributed by atoms with van der Waals surface area (Å²) in [4.78, 5) is 10.9. The number of nitrogens with one attached hydrogen (secondary N) is 1. The number of anilines is 1. The Bertz CT molecular complexity index is 403. The molecule has 1 aromatic carbocycles. The smallest absolute Gasteiger partial charge is 0.221 e. The number of hydrogen-bond acceptors (Lipinski definition) is 4. The van der Waals surface area contributed by atoms with E-state index in [1.807, 2.05) is 0 Å². The predicted molar refractivity (Wildman–Crippen MR) is 53.4 cm³/mol. The molecule has 0 radical (unpaired) electrons. The van der Waals surface area contributed by atoms with Crippen molar-refractivity contribution < 1.29 is 19.4 Å². The third kappa shape index (κ3) is 1.81. The molecule has 1 aliphatic rings. The van der Waals surface area contributed by atoms with Gasteiger partial charge in [0.05, 0.1) is 5.69 Å². The van der Waals surface area contributed by atoms with E-state index in [9.17, 15) is 9.90 Å². The van der Waals surface area contributed by atoms with Crippen molar-refractivity contribution in [3.63, 3.8) is 0 Å². The van der Waals surface area contributed by atoms with E-state index in [2.05, 4.69) is 5.32 Å². The lowest BCUT2D eigenvalue weighted by Gasteiger charge is -2.21. The van der Waals surface area contributed by atoms with Gasteiger partial charge in [-0.15, -0.1) is 0 Å². The van der Waals surface area contributed by atoms with Crippen LogP contribution in [0.2, 0.25) is 0 Å². The molecule has 0 atom stereocenters. The average Bonchev–Trinajstić information content (AvgIpc) is 2.22. The van der Waals surface area contributed by atoms with E-state index in [0.717, 1.165) is 0 Å². The number of carbonyl (C=O) groups excluding carboxylic acids is 1. The summed E-state index contributed by atoms with van der Waals surface area (Å²) in [6, 6.07) is 3.03. The predicted octanol–water partition coefficient (Wildman–Crippen LogP) is 1.12. The molecule has 1 aromatic rings. The third-order valence-corrected chi connectivity index (χ3v) is 1.98. The van der Waals surface area contributed by atoms with Gasteiger partial charge in [0.1, 0.15) is 13.2 Å². The third-order valence-electron chi connectivity index (χ3n) is 1.98. The van der Waals surface area contributed by atoms with Crippen molar-refractivity contribution in [1.29, 1.82) is 0 Å². The van der Waals surface area contributed by atoms with E-state index >= 15 is 0 Å². The van der Waals surface area contributed by atoms with E-state index in [1.165, 1.54) is 13.0 Å². The molecule has 80 valence electrons. The topological polar surface area (TPSA) is 67.8 Å². The van der Waals surface area contributed by atoms with Gasteiger partial charge in [-0.25, -0.2) is 0 Å². The Hall–Kier alpha value is -1.91. The minimum Gasteiger partial charge on any atom is -0.504 e. The number of carbonyl (C=O) groups is 1. The quantitative estimate of drug-likeness (QED) is 0.680. The van der Waals surface area contributed by atoms with Crippen molar-refractivity contribution in [2.24, 2.45) is 0 Å². The molecule has 0 fully saturated rings. The van der Waals surface area contributed by atoms with Gasteiger partial charge >= 0.3 is 0 Å². The van der Waals surface area contributed by atoms with Crippen LogP contribution in [0.25, 0.3) is 0 Å². The van der Waals surface area contributed by atoms with Crippen molar-refractivity contribution in [2.75, 3.05) is 18.5 Å². The molecule has 2 rings (SSSR count). The van der Waals surface area contributed by atoms with Gasteiger partial charge in [0.2, 0.25) is 11.7 Å². The minimum absolute atomic E-state index is 0.0128. The number of phenolic OH excluding ortho intramolecular Hbond substituents is 1. The van der Waals surface area contributed by atoms with Crippen LogP contribution in [0.5, 0.6) is 17.2 Å². The van der Waals surface area contributed by atoms with Crippen molar-refractivity contribution in [1.82, 2.24) is 0 Å². The largest absolute Gasteiger partial charge is 0.504 e. The highest BCUT2D eigenvalue weighted by molar-refractivity contribution is 5.91. The van der Waals surface area contributed by atoms with Crippen molar-refractivity contribution in [3.05, 3.63) is 12.1 Å². The summed E-state index contributed by atoms with van der Waals surface area (Å²) in [6.07, 6.45) is 0. The number of fused-ring (bicyclic) bond motifs is 1. The van der Waals surface area contributed by atoms with Crippen LogP contribution in [-0.2, 0) is 4.79 Å². The standard InChI is InChI=1S/C10H11NO4/c1-6(12)11-7-2-3-8(13)10-9(7)14-4-5-15-10/h2-3,13H,4-5H2,1H3,(H,11,12). The molecule has 0 spiro atoms. The molecule has 0 aromatic heterocycles. The number of phenols is 1. The molecule has 5 heteroatoms. The lowest BCUT2D eigenvalue weighted by molar-refractivity contribution is -0.114. The van der Waals surface area contributed by atoms with Gasteiger partial charge in [-0.3, -0.25) is 4.79 Å². The second kappa shape index (κ2) is 3.68. The van der Waals surface area contributed by atoms with Crippen molar-refractivity contribution >= 4 is 11.6 Å². The zero-order chi connectivity index (χ0) is 10.8. The Kier molecular flexibility index (Phi) is 2.37. The summed E-state index contributed by atoms with van der Waals surface area (Å²) in [6.45, 7) is 2.20.